The Labute approximate surface area is 98.4 Å². The second-order valence-electron chi connectivity index (χ2n) is 3.73. The van der Waals surface area contributed by atoms with Crippen molar-refractivity contribution in [3.63, 3.8) is 0 Å². The summed E-state index contributed by atoms with van der Waals surface area (Å²) in [6.07, 6.45) is 0.417. The van der Waals surface area contributed by atoms with Gasteiger partial charge >= 0.3 is 0 Å². The fourth-order valence-electron chi connectivity index (χ4n) is 1.53. The summed E-state index contributed by atoms with van der Waals surface area (Å²) in [6, 6.07) is 6.18. The van der Waals surface area contributed by atoms with Gasteiger partial charge in [-0.1, -0.05) is 25.1 Å². The molecule has 0 heterocycles. The van der Waals surface area contributed by atoms with Gasteiger partial charge in [-0.15, -0.1) is 0 Å². The highest BCUT2D eigenvalue weighted by atomic mass is 35.5. The molecule has 1 aromatic rings. The van der Waals surface area contributed by atoms with Crippen LogP contribution in [0.1, 0.15) is 25.8 Å². The topological polar surface area (TPSA) is 60.2 Å². The van der Waals surface area contributed by atoms with E-state index in [9.17, 15) is 14.9 Å². The van der Waals surface area contributed by atoms with Crippen molar-refractivity contribution in [2.75, 3.05) is 0 Å². The van der Waals surface area contributed by atoms with Crippen LogP contribution in [0, 0.1) is 10.1 Å². The van der Waals surface area contributed by atoms with E-state index in [2.05, 4.69) is 0 Å². The molecule has 0 aliphatic carbocycles. The zero-order chi connectivity index (χ0) is 12.3. The lowest BCUT2D eigenvalue weighted by atomic mass is 9.80. The molecule has 0 N–H and O–H groups in total. The Balaban J connectivity index is 3.41. The molecule has 0 amide bonds. The summed E-state index contributed by atoms with van der Waals surface area (Å²) in [5, 5.41) is 10.3. The van der Waals surface area contributed by atoms with E-state index in [1.165, 1.54) is 6.07 Å². The molecule has 0 radical (unpaired) electrons. The molecule has 1 aromatic carbocycles. The summed E-state index contributed by atoms with van der Waals surface area (Å²) in [5.41, 5.74) is -0.714. The van der Waals surface area contributed by atoms with E-state index in [0.29, 0.717) is 12.0 Å². The molecular formula is C11H12ClNO3. The number of nitro benzene ring substituents is 1. The van der Waals surface area contributed by atoms with E-state index in [4.69, 9.17) is 11.6 Å². The third-order valence-electron chi connectivity index (χ3n) is 2.84. The minimum absolute atomic E-state index is 0.0687. The molecule has 0 saturated heterocycles. The van der Waals surface area contributed by atoms with Crippen molar-refractivity contribution in [3.05, 3.63) is 39.9 Å². The summed E-state index contributed by atoms with van der Waals surface area (Å²) >= 11 is 5.53. The lowest BCUT2D eigenvalue weighted by Gasteiger charge is -2.23. The van der Waals surface area contributed by atoms with Gasteiger partial charge in [0.05, 0.1) is 10.3 Å². The Morgan fingerprint density at radius 2 is 2.06 bits per heavy atom. The normalized spacial score (nSPS) is 14.2. The van der Waals surface area contributed by atoms with Crippen molar-refractivity contribution < 1.29 is 9.72 Å². The Hall–Kier alpha value is -1.42. The van der Waals surface area contributed by atoms with Crippen molar-refractivity contribution in [1.82, 2.24) is 0 Å². The molecule has 0 aliphatic rings. The van der Waals surface area contributed by atoms with Crippen LogP contribution in [0.4, 0.5) is 5.69 Å². The molecule has 16 heavy (non-hydrogen) atoms. The van der Waals surface area contributed by atoms with Crippen molar-refractivity contribution in [2.24, 2.45) is 0 Å². The van der Waals surface area contributed by atoms with Gasteiger partial charge in [-0.3, -0.25) is 14.9 Å². The van der Waals surface area contributed by atoms with Gasteiger partial charge in [0.1, 0.15) is 0 Å². The molecule has 0 aromatic heterocycles. The van der Waals surface area contributed by atoms with Crippen molar-refractivity contribution in [3.8, 4) is 0 Å². The van der Waals surface area contributed by atoms with Crippen LogP contribution in [0.25, 0.3) is 0 Å². The summed E-state index contributed by atoms with van der Waals surface area (Å²) in [4.78, 5) is 21.8. The zero-order valence-electron chi connectivity index (χ0n) is 9.07. The number of carbonyl (C=O) groups excluding carboxylic acids is 1. The number of nitro groups is 1. The van der Waals surface area contributed by atoms with Gasteiger partial charge in [0, 0.05) is 11.6 Å². The average Bonchev–Trinajstić information content (AvgIpc) is 2.27. The number of rotatable bonds is 4. The van der Waals surface area contributed by atoms with E-state index in [0.717, 1.165) is 0 Å². The van der Waals surface area contributed by atoms with Crippen LogP contribution in [0.5, 0.6) is 0 Å². The first-order valence-corrected chi connectivity index (χ1v) is 5.25. The third kappa shape index (κ3) is 2.07. The monoisotopic (exact) mass is 241 g/mol. The maximum absolute atomic E-state index is 11.4. The minimum atomic E-state index is -1.01. The number of benzene rings is 1. The van der Waals surface area contributed by atoms with Gasteiger partial charge in [0.2, 0.25) is 5.24 Å². The first-order chi connectivity index (χ1) is 7.43. The number of hydrogen-bond acceptors (Lipinski definition) is 3. The maximum Gasteiger partial charge on any atom is 0.273 e. The molecule has 4 nitrogen and oxygen atoms in total. The lowest BCUT2D eigenvalue weighted by molar-refractivity contribution is -0.386. The van der Waals surface area contributed by atoms with Crippen molar-refractivity contribution >= 4 is 22.5 Å². The van der Waals surface area contributed by atoms with Crippen molar-refractivity contribution in [1.29, 1.82) is 0 Å². The van der Waals surface area contributed by atoms with Crippen LogP contribution in [0.15, 0.2) is 24.3 Å². The highest BCUT2D eigenvalue weighted by Crippen LogP contribution is 2.35. The van der Waals surface area contributed by atoms with E-state index in [1.54, 1.807) is 32.0 Å². The molecular weight excluding hydrogens is 230 g/mol. The Morgan fingerprint density at radius 1 is 1.50 bits per heavy atom. The van der Waals surface area contributed by atoms with Gasteiger partial charge in [-0.2, -0.15) is 0 Å². The van der Waals surface area contributed by atoms with E-state index in [-0.39, 0.29) is 5.69 Å². The van der Waals surface area contributed by atoms with E-state index in [1.807, 2.05) is 0 Å². The molecule has 0 bridgehead atoms. The molecule has 0 aliphatic heterocycles. The Kier molecular flexibility index (Phi) is 3.65. The van der Waals surface area contributed by atoms with Crippen LogP contribution in [-0.4, -0.2) is 10.2 Å². The highest BCUT2D eigenvalue weighted by Gasteiger charge is 2.37. The van der Waals surface area contributed by atoms with Crippen LogP contribution >= 0.6 is 11.6 Å². The first-order valence-electron chi connectivity index (χ1n) is 4.87. The Morgan fingerprint density at radius 3 is 2.50 bits per heavy atom. The predicted octanol–water partition coefficient (Wildman–Crippen LogP) is 3.03. The number of halogens is 1. The van der Waals surface area contributed by atoms with Gasteiger partial charge in [0.25, 0.3) is 5.69 Å². The molecule has 0 fully saturated rings. The molecule has 0 saturated carbocycles. The second kappa shape index (κ2) is 4.61. The number of para-hydroxylation sites is 1. The Bertz CT molecular complexity index is 433. The summed E-state index contributed by atoms with van der Waals surface area (Å²) in [6.45, 7) is 3.39. The van der Waals surface area contributed by atoms with Crippen LogP contribution in [-0.2, 0) is 10.2 Å². The molecule has 0 spiro atoms. The molecule has 1 atom stereocenters. The van der Waals surface area contributed by atoms with Gasteiger partial charge < -0.3 is 0 Å². The molecule has 1 rings (SSSR count). The van der Waals surface area contributed by atoms with E-state index >= 15 is 0 Å². The fourth-order valence-corrected chi connectivity index (χ4v) is 1.77. The van der Waals surface area contributed by atoms with Gasteiger partial charge in [-0.05, 0) is 24.9 Å². The first kappa shape index (κ1) is 12.6. The summed E-state index contributed by atoms with van der Waals surface area (Å²) < 4.78 is 0. The summed E-state index contributed by atoms with van der Waals surface area (Å²) in [7, 11) is 0. The van der Waals surface area contributed by atoms with Gasteiger partial charge in [-0.25, -0.2) is 0 Å². The molecule has 5 heteroatoms. The molecule has 86 valence electrons. The number of nitrogens with zero attached hydrogens (tertiary/aromatic N) is 1. The smallest absolute Gasteiger partial charge is 0.273 e. The fraction of sp³-hybridized carbons (Fsp3) is 0.364. The quantitative estimate of drug-likeness (QED) is 0.462. The predicted molar refractivity (Wildman–Crippen MR) is 61.6 cm³/mol. The highest BCUT2D eigenvalue weighted by molar-refractivity contribution is 6.65. The average molecular weight is 242 g/mol. The van der Waals surface area contributed by atoms with E-state index < -0.39 is 15.6 Å². The van der Waals surface area contributed by atoms with Crippen LogP contribution in [0.2, 0.25) is 0 Å². The van der Waals surface area contributed by atoms with Gasteiger partial charge in [0.15, 0.2) is 0 Å². The SMILES string of the molecule is CCC(C)(C(=O)Cl)c1ccccc1[N+](=O)[O-]. The zero-order valence-corrected chi connectivity index (χ0v) is 9.82. The van der Waals surface area contributed by atoms with Crippen LogP contribution in [0.3, 0.4) is 0 Å². The van der Waals surface area contributed by atoms with Crippen LogP contribution < -0.4 is 0 Å². The summed E-state index contributed by atoms with van der Waals surface area (Å²) in [5.74, 6) is 0. The lowest BCUT2D eigenvalue weighted by Crippen LogP contribution is -2.29. The third-order valence-corrected chi connectivity index (χ3v) is 3.25. The maximum atomic E-state index is 11.4. The van der Waals surface area contributed by atoms with Crippen molar-refractivity contribution in [2.45, 2.75) is 25.7 Å². The molecule has 1 unspecified atom stereocenters. The standard InChI is InChI=1S/C11H12ClNO3/c1-3-11(2,10(12)14)8-6-4-5-7-9(8)13(15)16/h4-7H,3H2,1-2H3. The minimum Gasteiger partial charge on any atom is -0.280 e. The largest absolute Gasteiger partial charge is 0.280 e. The number of hydrogen-bond donors (Lipinski definition) is 0. The second-order valence-corrected chi connectivity index (χ2v) is 4.08. The number of carbonyl (C=O) groups is 1.